The zero-order valence-corrected chi connectivity index (χ0v) is 19.3. The SMILES string of the molecule is O=C(OC(=O)C(F)(F)F)C1C2CCCCC2CCN1S(=O)(=O)c1ccc(Oc2ccccc2)nc1. The number of para-hydroxylation sites is 1. The summed E-state index contributed by atoms with van der Waals surface area (Å²) in [4.78, 5) is 27.9. The van der Waals surface area contributed by atoms with E-state index >= 15 is 0 Å². The molecule has 0 N–H and O–H groups in total. The number of piperidine rings is 1. The molecule has 2 heterocycles. The van der Waals surface area contributed by atoms with Gasteiger partial charge in [0.15, 0.2) is 0 Å². The molecular formula is C23H23F3N2O6S. The molecule has 35 heavy (non-hydrogen) atoms. The van der Waals surface area contributed by atoms with Crippen LogP contribution in [0.1, 0.15) is 32.1 Å². The number of hydrogen-bond donors (Lipinski definition) is 0. The summed E-state index contributed by atoms with van der Waals surface area (Å²) in [5, 5.41) is 0. The van der Waals surface area contributed by atoms with Crippen molar-refractivity contribution in [1.29, 1.82) is 0 Å². The lowest BCUT2D eigenvalue weighted by molar-refractivity contribution is -0.204. The molecule has 1 aliphatic carbocycles. The molecule has 4 rings (SSSR count). The Kier molecular flexibility index (Phi) is 7.13. The average Bonchev–Trinajstić information content (AvgIpc) is 2.83. The summed E-state index contributed by atoms with van der Waals surface area (Å²) in [6.07, 6.45) is -1.13. The van der Waals surface area contributed by atoms with Crippen LogP contribution in [-0.2, 0) is 24.3 Å². The second kappa shape index (κ2) is 9.94. The Balaban J connectivity index is 1.60. The van der Waals surface area contributed by atoms with Gasteiger partial charge in [-0.3, -0.25) is 0 Å². The van der Waals surface area contributed by atoms with Crippen LogP contribution in [0.15, 0.2) is 53.6 Å². The minimum atomic E-state index is -5.38. The Morgan fingerprint density at radius 2 is 1.71 bits per heavy atom. The number of fused-ring (bicyclic) bond motifs is 1. The first-order valence-corrected chi connectivity index (χ1v) is 12.5. The van der Waals surface area contributed by atoms with Crippen molar-refractivity contribution in [2.75, 3.05) is 6.54 Å². The maximum atomic E-state index is 13.5. The molecule has 1 aromatic heterocycles. The van der Waals surface area contributed by atoms with Gasteiger partial charge in [-0.05, 0) is 42.9 Å². The number of nitrogens with zero attached hydrogens (tertiary/aromatic N) is 2. The zero-order chi connectivity index (χ0) is 25.2. The van der Waals surface area contributed by atoms with Gasteiger partial charge in [-0.15, -0.1) is 0 Å². The number of rotatable bonds is 5. The molecule has 1 saturated carbocycles. The van der Waals surface area contributed by atoms with Crippen LogP contribution in [0.2, 0.25) is 0 Å². The third-order valence-electron chi connectivity index (χ3n) is 6.35. The predicted molar refractivity (Wildman–Crippen MR) is 116 cm³/mol. The van der Waals surface area contributed by atoms with E-state index in [1.165, 1.54) is 12.1 Å². The predicted octanol–water partition coefficient (Wildman–Crippen LogP) is 4.08. The van der Waals surface area contributed by atoms with Crippen LogP contribution in [0.5, 0.6) is 11.6 Å². The fourth-order valence-electron chi connectivity index (χ4n) is 4.75. The van der Waals surface area contributed by atoms with E-state index in [9.17, 15) is 31.2 Å². The van der Waals surface area contributed by atoms with Crippen LogP contribution in [0.4, 0.5) is 13.2 Å². The van der Waals surface area contributed by atoms with Gasteiger partial charge in [0.2, 0.25) is 15.9 Å². The van der Waals surface area contributed by atoms with Crippen molar-refractivity contribution in [3.8, 4) is 11.6 Å². The van der Waals surface area contributed by atoms with Crippen molar-refractivity contribution >= 4 is 22.0 Å². The Bertz CT molecular complexity index is 1170. The van der Waals surface area contributed by atoms with Gasteiger partial charge in [0.25, 0.3) is 0 Å². The molecule has 2 fully saturated rings. The monoisotopic (exact) mass is 512 g/mol. The lowest BCUT2D eigenvalue weighted by atomic mass is 9.71. The molecule has 3 unspecified atom stereocenters. The third kappa shape index (κ3) is 5.48. The molecule has 0 spiro atoms. The zero-order valence-electron chi connectivity index (χ0n) is 18.5. The lowest BCUT2D eigenvalue weighted by Gasteiger charge is -2.45. The van der Waals surface area contributed by atoms with E-state index in [4.69, 9.17) is 4.74 Å². The number of alkyl halides is 3. The van der Waals surface area contributed by atoms with Gasteiger partial charge in [0.1, 0.15) is 16.7 Å². The van der Waals surface area contributed by atoms with Crippen LogP contribution >= 0.6 is 0 Å². The first-order chi connectivity index (χ1) is 16.6. The van der Waals surface area contributed by atoms with E-state index in [2.05, 4.69) is 9.72 Å². The topological polar surface area (TPSA) is 103 Å². The summed E-state index contributed by atoms with van der Waals surface area (Å²) in [7, 11) is -4.35. The summed E-state index contributed by atoms with van der Waals surface area (Å²) >= 11 is 0. The molecule has 2 aromatic rings. The van der Waals surface area contributed by atoms with Crippen molar-refractivity contribution in [3.63, 3.8) is 0 Å². The maximum Gasteiger partial charge on any atom is 0.491 e. The second-order valence-corrected chi connectivity index (χ2v) is 10.4. The number of esters is 2. The van der Waals surface area contributed by atoms with E-state index in [1.54, 1.807) is 30.3 Å². The number of pyridine rings is 1. The third-order valence-corrected chi connectivity index (χ3v) is 8.22. The number of benzene rings is 1. The Labute approximate surface area is 200 Å². The summed E-state index contributed by atoms with van der Waals surface area (Å²) in [6, 6.07) is 9.75. The van der Waals surface area contributed by atoms with Crippen molar-refractivity contribution < 1.29 is 40.7 Å². The number of aromatic nitrogens is 1. The highest BCUT2D eigenvalue weighted by molar-refractivity contribution is 7.89. The highest BCUT2D eigenvalue weighted by Gasteiger charge is 2.51. The smallest absolute Gasteiger partial charge is 0.439 e. The first-order valence-electron chi connectivity index (χ1n) is 11.1. The Morgan fingerprint density at radius 3 is 2.37 bits per heavy atom. The Morgan fingerprint density at radius 1 is 1.00 bits per heavy atom. The minimum Gasteiger partial charge on any atom is -0.439 e. The molecule has 3 atom stereocenters. The molecule has 1 aromatic carbocycles. The molecule has 8 nitrogen and oxygen atoms in total. The number of hydrogen-bond acceptors (Lipinski definition) is 7. The van der Waals surface area contributed by atoms with Gasteiger partial charge < -0.3 is 9.47 Å². The standard InChI is InChI=1S/C23H23F3N2O6S/c24-23(25,26)22(30)34-21(29)20-18-9-5-4-6-15(18)12-13-28(20)35(31,32)17-10-11-19(27-14-17)33-16-7-2-1-3-8-16/h1-3,7-8,10-11,14-15,18,20H,4-6,9,12-13H2. The van der Waals surface area contributed by atoms with Crippen LogP contribution in [0, 0.1) is 11.8 Å². The second-order valence-electron chi connectivity index (χ2n) is 8.51. The molecule has 1 saturated heterocycles. The molecule has 0 bridgehead atoms. The lowest BCUT2D eigenvalue weighted by Crippen LogP contribution is -2.57. The number of carbonyl (C=O) groups is 2. The van der Waals surface area contributed by atoms with E-state index in [0.717, 1.165) is 23.3 Å². The summed E-state index contributed by atoms with van der Waals surface area (Å²) in [6.45, 7) is -0.0915. The van der Waals surface area contributed by atoms with Gasteiger partial charge in [-0.1, -0.05) is 37.5 Å². The largest absolute Gasteiger partial charge is 0.491 e. The van der Waals surface area contributed by atoms with Crippen LogP contribution in [0.25, 0.3) is 0 Å². The average molecular weight is 513 g/mol. The summed E-state index contributed by atoms with van der Waals surface area (Å²) < 4.78 is 75.6. The first kappa shape index (κ1) is 25.1. The van der Waals surface area contributed by atoms with Gasteiger partial charge >= 0.3 is 18.1 Å². The number of sulfonamides is 1. The number of carbonyl (C=O) groups excluding carboxylic acids is 2. The Hall–Kier alpha value is -2.99. The van der Waals surface area contributed by atoms with E-state index in [0.29, 0.717) is 25.0 Å². The van der Waals surface area contributed by atoms with Crippen LogP contribution < -0.4 is 4.74 Å². The van der Waals surface area contributed by atoms with Gasteiger partial charge in [-0.2, -0.15) is 17.5 Å². The fourth-order valence-corrected chi connectivity index (χ4v) is 6.34. The van der Waals surface area contributed by atoms with Crippen LogP contribution in [-0.4, -0.2) is 48.4 Å². The maximum absolute atomic E-state index is 13.5. The van der Waals surface area contributed by atoms with E-state index < -0.39 is 40.1 Å². The molecule has 188 valence electrons. The minimum absolute atomic E-state index is 0.0477. The van der Waals surface area contributed by atoms with Crippen LogP contribution in [0.3, 0.4) is 0 Å². The number of ether oxygens (including phenoxy) is 2. The number of halogens is 3. The normalized spacial score (nSPS) is 23.2. The molecule has 0 amide bonds. The fraction of sp³-hybridized carbons (Fsp3) is 0.435. The molecule has 1 aliphatic heterocycles. The van der Waals surface area contributed by atoms with E-state index in [-0.39, 0.29) is 23.2 Å². The molecule has 12 heteroatoms. The molecular weight excluding hydrogens is 489 g/mol. The highest BCUT2D eigenvalue weighted by atomic mass is 32.2. The molecule has 2 aliphatic rings. The van der Waals surface area contributed by atoms with Crippen molar-refractivity contribution in [3.05, 3.63) is 48.7 Å². The van der Waals surface area contributed by atoms with Gasteiger partial charge in [0.05, 0.1) is 6.20 Å². The van der Waals surface area contributed by atoms with Crippen molar-refractivity contribution in [1.82, 2.24) is 9.29 Å². The molecule has 0 radical (unpaired) electrons. The van der Waals surface area contributed by atoms with E-state index in [1.807, 2.05) is 0 Å². The van der Waals surface area contributed by atoms with Gasteiger partial charge in [0, 0.05) is 12.6 Å². The highest BCUT2D eigenvalue weighted by Crippen LogP contribution is 2.42. The van der Waals surface area contributed by atoms with Crippen molar-refractivity contribution in [2.24, 2.45) is 11.8 Å². The van der Waals surface area contributed by atoms with Gasteiger partial charge in [-0.25, -0.2) is 23.0 Å². The summed E-state index contributed by atoms with van der Waals surface area (Å²) in [5.74, 6) is -4.14. The van der Waals surface area contributed by atoms with Crippen molar-refractivity contribution in [2.45, 2.75) is 49.2 Å². The summed E-state index contributed by atoms with van der Waals surface area (Å²) in [5.41, 5.74) is 0. The quantitative estimate of drug-likeness (QED) is 0.439.